The number of nitriles is 1. The van der Waals surface area contributed by atoms with Crippen molar-refractivity contribution in [1.29, 1.82) is 5.26 Å². The van der Waals surface area contributed by atoms with Gasteiger partial charge < -0.3 is 15.7 Å². The molecule has 0 aliphatic rings. The monoisotopic (exact) mass is 293 g/mol. The first kappa shape index (κ1) is 16.9. The molecule has 0 heterocycles. The van der Waals surface area contributed by atoms with Gasteiger partial charge in [0.15, 0.2) is 0 Å². The molecule has 3 N–H and O–H groups in total. The fraction of sp³-hybridized carbons (Fsp3) is 0.467. The van der Waals surface area contributed by atoms with Crippen LogP contribution in [0.15, 0.2) is 18.2 Å². The third-order valence-corrected chi connectivity index (χ3v) is 2.93. The van der Waals surface area contributed by atoms with E-state index in [1.807, 2.05) is 19.9 Å². The van der Waals surface area contributed by atoms with Gasteiger partial charge in [0.1, 0.15) is 5.82 Å². The molecule has 6 heteroatoms. The molecule has 5 nitrogen and oxygen atoms in total. The summed E-state index contributed by atoms with van der Waals surface area (Å²) in [5.41, 5.74) is 0.534. The van der Waals surface area contributed by atoms with Crippen molar-refractivity contribution in [2.75, 3.05) is 6.61 Å². The molecule has 0 saturated heterocycles. The minimum atomic E-state index is -0.532. The maximum Gasteiger partial charge on any atom is 0.315 e. The summed E-state index contributed by atoms with van der Waals surface area (Å²) in [5, 5.41) is 23.0. The second-order valence-electron chi connectivity index (χ2n) is 5.25. The van der Waals surface area contributed by atoms with Gasteiger partial charge in [-0.3, -0.25) is 0 Å². The molecule has 0 bridgehead atoms. The Bertz CT molecular complexity index is 526. The predicted octanol–water partition coefficient (Wildman–Crippen LogP) is 1.90. The van der Waals surface area contributed by atoms with E-state index < -0.39 is 11.8 Å². The third-order valence-electron chi connectivity index (χ3n) is 2.93. The van der Waals surface area contributed by atoms with Crippen LogP contribution >= 0.6 is 0 Å². The molecular weight excluding hydrogens is 273 g/mol. The lowest BCUT2D eigenvalue weighted by Crippen LogP contribution is -2.44. The van der Waals surface area contributed by atoms with Crippen LogP contribution < -0.4 is 10.6 Å². The molecular formula is C15H20FN3O2. The van der Waals surface area contributed by atoms with Crippen molar-refractivity contribution >= 4 is 6.03 Å². The van der Waals surface area contributed by atoms with Gasteiger partial charge in [0.2, 0.25) is 0 Å². The molecule has 114 valence electrons. The first-order chi connectivity index (χ1) is 9.96. The van der Waals surface area contributed by atoms with Crippen LogP contribution in [0, 0.1) is 23.1 Å². The highest BCUT2D eigenvalue weighted by molar-refractivity contribution is 5.74. The quantitative estimate of drug-likeness (QED) is 0.749. The van der Waals surface area contributed by atoms with Crippen LogP contribution in [0.2, 0.25) is 0 Å². The molecule has 0 radical (unpaired) electrons. The second kappa shape index (κ2) is 8.22. The first-order valence-electron chi connectivity index (χ1n) is 6.80. The summed E-state index contributed by atoms with van der Waals surface area (Å²) in [7, 11) is 0. The van der Waals surface area contributed by atoms with Crippen molar-refractivity contribution in [2.24, 2.45) is 5.92 Å². The number of nitrogens with zero attached hydrogens (tertiary/aromatic N) is 1. The molecule has 1 aromatic rings. The molecule has 1 unspecified atom stereocenters. The number of carbonyl (C=O) groups excluding carboxylic acids is 1. The number of aliphatic hydroxyl groups is 1. The number of hydrogen-bond acceptors (Lipinski definition) is 3. The maximum atomic E-state index is 13.6. The fourth-order valence-corrected chi connectivity index (χ4v) is 1.92. The standard InChI is InChI=1S/C15H20FN3O2/c1-10(2)5-13(9-20)19-15(21)18-8-12-4-3-11(7-17)6-14(12)16/h3-4,6,10,13,20H,5,8-9H2,1-2H3,(H2,18,19,21). The summed E-state index contributed by atoms with van der Waals surface area (Å²) in [5.74, 6) is -0.186. The van der Waals surface area contributed by atoms with Crippen molar-refractivity contribution in [1.82, 2.24) is 10.6 Å². The third kappa shape index (κ3) is 5.79. The van der Waals surface area contributed by atoms with Crippen LogP contribution in [0.4, 0.5) is 9.18 Å². The number of nitrogens with one attached hydrogen (secondary N) is 2. The minimum Gasteiger partial charge on any atom is -0.394 e. The maximum absolute atomic E-state index is 13.6. The number of amides is 2. The fourth-order valence-electron chi connectivity index (χ4n) is 1.92. The molecule has 1 rings (SSSR count). The van der Waals surface area contributed by atoms with E-state index in [-0.39, 0.29) is 24.8 Å². The molecule has 0 spiro atoms. The van der Waals surface area contributed by atoms with Crippen molar-refractivity contribution < 1.29 is 14.3 Å². The van der Waals surface area contributed by atoms with Crippen LogP contribution in [-0.4, -0.2) is 23.8 Å². The lowest BCUT2D eigenvalue weighted by molar-refractivity contribution is 0.206. The number of benzene rings is 1. The summed E-state index contributed by atoms with van der Waals surface area (Å²) >= 11 is 0. The lowest BCUT2D eigenvalue weighted by atomic mass is 10.0. The van der Waals surface area contributed by atoms with Crippen molar-refractivity contribution in [2.45, 2.75) is 32.9 Å². The SMILES string of the molecule is CC(C)CC(CO)NC(=O)NCc1ccc(C#N)cc1F. The summed E-state index contributed by atoms with van der Waals surface area (Å²) in [6.07, 6.45) is 0.662. The lowest BCUT2D eigenvalue weighted by Gasteiger charge is -2.18. The summed E-state index contributed by atoms with van der Waals surface area (Å²) in [4.78, 5) is 11.7. The van der Waals surface area contributed by atoms with Gasteiger partial charge in [-0.1, -0.05) is 19.9 Å². The van der Waals surface area contributed by atoms with Crippen LogP contribution in [0.5, 0.6) is 0 Å². The minimum absolute atomic E-state index is 0.0171. The molecule has 1 atom stereocenters. The largest absolute Gasteiger partial charge is 0.394 e. The van der Waals surface area contributed by atoms with Gasteiger partial charge in [-0.15, -0.1) is 0 Å². The van der Waals surface area contributed by atoms with Gasteiger partial charge >= 0.3 is 6.03 Å². The number of rotatable bonds is 6. The van der Waals surface area contributed by atoms with Crippen LogP contribution in [-0.2, 0) is 6.54 Å². The molecule has 0 aliphatic carbocycles. The summed E-state index contributed by atoms with van der Waals surface area (Å²) in [6, 6.07) is 5.15. The Labute approximate surface area is 123 Å². The molecule has 0 saturated carbocycles. The Hall–Kier alpha value is -2.13. The van der Waals surface area contributed by atoms with E-state index in [0.29, 0.717) is 17.9 Å². The van der Waals surface area contributed by atoms with Crippen molar-refractivity contribution in [3.05, 3.63) is 35.1 Å². The van der Waals surface area contributed by atoms with E-state index in [1.54, 1.807) is 0 Å². The zero-order valence-corrected chi connectivity index (χ0v) is 12.2. The number of aliphatic hydroxyl groups excluding tert-OH is 1. The van der Waals surface area contributed by atoms with Crippen LogP contribution in [0.1, 0.15) is 31.4 Å². The van der Waals surface area contributed by atoms with Crippen LogP contribution in [0.3, 0.4) is 0 Å². The highest BCUT2D eigenvalue weighted by atomic mass is 19.1. The highest BCUT2D eigenvalue weighted by Crippen LogP contribution is 2.09. The summed E-state index contributed by atoms with van der Waals surface area (Å²) in [6.45, 7) is 3.86. The normalized spacial score (nSPS) is 11.8. The van der Waals surface area contributed by atoms with Crippen molar-refractivity contribution in [3.63, 3.8) is 0 Å². The Morgan fingerprint density at radius 2 is 2.19 bits per heavy atom. The van der Waals surface area contributed by atoms with E-state index in [0.717, 1.165) is 6.07 Å². The van der Waals surface area contributed by atoms with Gasteiger partial charge in [-0.2, -0.15) is 5.26 Å². The number of urea groups is 1. The van der Waals surface area contributed by atoms with Gasteiger partial charge in [-0.05, 0) is 24.5 Å². The molecule has 0 aromatic heterocycles. The average Bonchev–Trinajstić information content (AvgIpc) is 2.44. The Balaban J connectivity index is 2.51. The topological polar surface area (TPSA) is 85.2 Å². The highest BCUT2D eigenvalue weighted by Gasteiger charge is 2.13. The van der Waals surface area contributed by atoms with Gasteiger partial charge in [0, 0.05) is 12.1 Å². The zero-order chi connectivity index (χ0) is 15.8. The van der Waals surface area contributed by atoms with Crippen LogP contribution in [0.25, 0.3) is 0 Å². The first-order valence-corrected chi connectivity index (χ1v) is 6.80. The Morgan fingerprint density at radius 1 is 1.48 bits per heavy atom. The second-order valence-corrected chi connectivity index (χ2v) is 5.25. The molecule has 0 fully saturated rings. The van der Waals surface area contributed by atoms with Gasteiger partial charge in [0.25, 0.3) is 0 Å². The average molecular weight is 293 g/mol. The van der Waals surface area contributed by atoms with Gasteiger partial charge in [0.05, 0.1) is 24.3 Å². The van der Waals surface area contributed by atoms with Crippen molar-refractivity contribution in [3.8, 4) is 6.07 Å². The molecule has 0 aliphatic heterocycles. The van der Waals surface area contributed by atoms with E-state index in [1.165, 1.54) is 12.1 Å². The molecule has 2 amide bonds. The number of hydrogen-bond donors (Lipinski definition) is 3. The molecule has 21 heavy (non-hydrogen) atoms. The predicted molar refractivity (Wildman–Crippen MR) is 76.8 cm³/mol. The Kier molecular flexibility index (Phi) is 6.63. The zero-order valence-electron chi connectivity index (χ0n) is 12.2. The van der Waals surface area contributed by atoms with E-state index in [9.17, 15) is 14.3 Å². The smallest absolute Gasteiger partial charge is 0.315 e. The van der Waals surface area contributed by atoms with E-state index in [4.69, 9.17) is 5.26 Å². The van der Waals surface area contributed by atoms with E-state index in [2.05, 4.69) is 10.6 Å². The molecule has 1 aromatic carbocycles. The van der Waals surface area contributed by atoms with E-state index >= 15 is 0 Å². The van der Waals surface area contributed by atoms with Gasteiger partial charge in [-0.25, -0.2) is 9.18 Å². The summed E-state index contributed by atoms with van der Waals surface area (Å²) < 4.78 is 13.6. The Morgan fingerprint density at radius 3 is 2.71 bits per heavy atom. The number of halogens is 1. The number of carbonyl (C=O) groups is 1.